The Balaban J connectivity index is 1.69. The highest BCUT2D eigenvalue weighted by Crippen LogP contribution is 2.24. The van der Waals surface area contributed by atoms with Gasteiger partial charge in [0.05, 0.1) is 29.0 Å². The van der Waals surface area contributed by atoms with Gasteiger partial charge in [-0.3, -0.25) is 14.2 Å². The first-order valence-corrected chi connectivity index (χ1v) is 12.4. The third-order valence-corrected chi connectivity index (χ3v) is 7.01. The molecular weight excluding hydrogens is 446 g/mol. The van der Waals surface area contributed by atoms with Crippen LogP contribution in [0.3, 0.4) is 0 Å². The smallest absolute Gasteiger partial charge is 0.266 e. The van der Waals surface area contributed by atoms with Crippen LogP contribution < -0.4 is 5.56 Å². The number of Topliss-reactive ketones (excluding diaryl/α,β-unsaturated/α-hetero) is 1. The van der Waals surface area contributed by atoms with Gasteiger partial charge >= 0.3 is 0 Å². The van der Waals surface area contributed by atoms with Crippen LogP contribution in [-0.4, -0.2) is 39.4 Å². The molecule has 34 heavy (non-hydrogen) atoms. The predicted octanol–water partition coefficient (Wildman–Crippen LogP) is 4.99. The first-order valence-electron chi connectivity index (χ1n) is 11.4. The minimum absolute atomic E-state index is 0.0112. The third-order valence-electron chi connectivity index (χ3n) is 6.07. The highest BCUT2D eigenvalue weighted by molar-refractivity contribution is 7.99. The lowest BCUT2D eigenvalue weighted by Crippen LogP contribution is -2.22. The summed E-state index contributed by atoms with van der Waals surface area (Å²) in [4.78, 5) is 31.4. The predicted molar refractivity (Wildman–Crippen MR) is 138 cm³/mol. The number of fused-ring (bicyclic) bond motifs is 1. The molecule has 0 fully saturated rings. The first-order chi connectivity index (χ1) is 16.4. The summed E-state index contributed by atoms with van der Waals surface area (Å²) in [5.74, 6) is 0.198. The van der Waals surface area contributed by atoms with Crippen LogP contribution in [0.5, 0.6) is 0 Å². The normalized spacial score (nSPS) is 11.3. The van der Waals surface area contributed by atoms with Crippen molar-refractivity contribution in [3.63, 3.8) is 0 Å². The average Bonchev–Trinajstić information content (AvgIpc) is 3.14. The van der Waals surface area contributed by atoms with E-state index in [2.05, 4.69) is 11.5 Å². The van der Waals surface area contributed by atoms with Crippen LogP contribution in [-0.2, 0) is 17.7 Å². The molecule has 4 rings (SSSR count). The molecule has 6 nitrogen and oxygen atoms in total. The Bertz CT molecular complexity index is 1390. The highest BCUT2D eigenvalue weighted by atomic mass is 32.2. The first kappa shape index (κ1) is 24.0. The number of ketones is 1. The van der Waals surface area contributed by atoms with Gasteiger partial charge in [-0.15, -0.1) is 0 Å². The van der Waals surface area contributed by atoms with Gasteiger partial charge in [-0.1, -0.05) is 43.0 Å². The number of nitrogens with zero attached hydrogens (tertiary/aromatic N) is 3. The number of para-hydroxylation sites is 1. The number of thioether (sulfide) groups is 1. The average molecular weight is 476 g/mol. The molecule has 7 heteroatoms. The summed E-state index contributed by atoms with van der Waals surface area (Å²) in [6, 6.07) is 17.2. The minimum atomic E-state index is -0.137. The van der Waals surface area contributed by atoms with Crippen molar-refractivity contribution in [3.05, 3.63) is 87.5 Å². The van der Waals surface area contributed by atoms with Crippen LogP contribution in [0.25, 0.3) is 16.6 Å². The standard InChI is InChI=1S/C27H29N3O3S/c1-5-20-10-12-21(13-11-20)30-26(32)22-8-6-7-9-24(22)28-27(30)34-17-25(31)23-16-18(2)29(19(23)3)14-15-33-4/h6-13,16H,5,14-15,17H2,1-4H3. The van der Waals surface area contributed by atoms with Gasteiger partial charge in [-0.2, -0.15) is 0 Å². The lowest BCUT2D eigenvalue weighted by Gasteiger charge is -2.13. The summed E-state index contributed by atoms with van der Waals surface area (Å²) in [6.07, 6.45) is 0.921. The number of methoxy groups -OCH3 is 1. The van der Waals surface area contributed by atoms with E-state index in [1.54, 1.807) is 17.7 Å². The van der Waals surface area contributed by atoms with Gasteiger partial charge in [0.2, 0.25) is 0 Å². The van der Waals surface area contributed by atoms with Crippen molar-refractivity contribution in [2.24, 2.45) is 0 Å². The van der Waals surface area contributed by atoms with E-state index in [0.29, 0.717) is 34.8 Å². The molecule has 0 saturated carbocycles. The maximum absolute atomic E-state index is 13.4. The number of hydrogen-bond donors (Lipinski definition) is 0. The lowest BCUT2D eigenvalue weighted by molar-refractivity contribution is 0.102. The molecule has 2 aromatic carbocycles. The highest BCUT2D eigenvalue weighted by Gasteiger charge is 2.19. The molecule has 0 aliphatic rings. The Hall–Kier alpha value is -3.16. The molecule has 0 aliphatic carbocycles. The van der Waals surface area contributed by atoms with E-state index in [-0.39, 0.29) is 17.1 Å². The Morgan fingerprint density at radius 1 is 1.09 bits per heavy atom. The number of ether oxygens (including phenoxy) is 1. The Morgan fingerprint density at radius 3 is 2.53 bits per heavy atom. The van der Waals surface area contributed by atoms with Crippen LogP contribution >= 0.6 is 11.8 Å². The number of benzene rings is 2. The molecule has 0 spiro atoms. The quantitative estimate of drug-likeness (QED) is 0.194. The summed E-state index contributed by atoms with van der Waals surface area (Å²) in [5, 5.41) is 1.06. The molecular formula is C27H29N3O3S. The van der Waals surface area contributed by atoms with Crippen LogP contribution in [0.15, 0.2) is 64.5 Å². The van der Waals surface area contributed by atoms with Crippen molar-refractivity contribution in [1.82, 2.24) is 14.1 Å². The molecule has 4 aromatic rings. The summed E-state index contributed by atoms with van der Waals surface area (Å²) >= 11 is 1.29. The van der Waals surface area contributed by atoms with Crippen molar-refractivity contribution in [3.8, 4) is 5.69 Å². The maximum Gasteiger partial charge on any atom is 0.266 e. The SMILES string of the molecule is CCc1ccc(-n2c(SCC(=O)c3cc(C)n(CCOC)c3C)nc3ccccc3c2=O)cc1. The number of hydrogen-bond acceptors (Lipinski definition) is 5. The van der Waals surface area contributed by atoms with Gasteiger partial charge in [0.1, 0.15) is 0 Å². The van der Waals surface area contributed by atoms with Gasteiger partial charge in [0.25, 0.3) is 5.56 Å². The molecule has 0 N–H and O–H groups in total. The molecule has 0 saturated heterocycles. The van der Waals surface area contributed by atoms with E-state index in [4.69, 9.17) is 9.72 Å². The molecule has 0 aliphatic heterocycles. The van der Waals surface area contributed by atoms with Gasteiger partial charge in [-0.05, 0) is 56.2 Å². The number of aryl methyl sites for hydroxylation is 2. The van der Waals surface area contributed by atoms with Crippen LogP contribution in [0.2, 0.25) is 0 Å². The van der Waals surface area contributed by atoms with Crippen molar-refractivity contribution in [2.45, 2.75) is 38.9 Å². The van der Waals surface area contributed by atoms with E-state index < -0.39 is 0 Å². The van der Waals surface area contributed by atoms with Gasteiger partial charge < -0.3 is 9.30 Å². The van der Waals surface area contributed by atoms with E-state index in [1.165, 1.54) is 17.3 Å². The fourth-order valence-electron chi connectivity index (χ4n) is 4.14. The van der Waals surface area contributed by atoms with Crippen molar-refractivity contribution >= 4 is 28.4 Å². The van der Waals surface area contributed by atoms with E-state index in [1.807, 2.05) is 62.4 Å². The zero-order chi connectivity index (χ0) is 24.2. The van der Waals surface area contributed by atoms with Gasteiger partial charge in [0, 0.05) is 30.6 Å². The number of carbonyl (C=O) groups is 1. The van der Waals surface area contributed by atoms with Gasteiger partial charge in [0.15, 0.2) is 10.9 Å². The molecule has 0 atom stereocenters. The summed E-state index contributed by atoms with van der Waals surface area (Å²) in [5.41, 5.74) is 5.08. The summed E-state index contributed by atoms with van der Waals surface area (Å²) in [7, 11) is 1.67. The van der Waals surface area contributed by atoms with E-state index >= 15 is 0 Å². The number of rotatable bonds is 9. The Labute approximate surface area is 203 Å². The monoisotopic (exact) mass is 475 g/mol. The zero-order valence-electron chi connectivity index (χ0n) is 20.0. The van der Waals surface area contributed by atoms with Crippen molar-refractivity contribution in [2.75, 3.05) is 19.5 Å². The lowest BCUT2D eigenvalue weighted by atomic mass is 10.1. The van der Waals surface area contributed by atoms with Crippen LogP contribution in [0, 0.1) is 13.8 Å². The second-order valence-corrected chi connectivity index (χ2v) is 9.16. The molecule has 2 heterocycles. The second kappa shape index (κ2) is 10.4. The zero-order valence-corrected chi connectivity index (χ0v) is 20.8. The van der Waals surface area contributed by atoms with E-state index in [9.17, 15) is 9.59 Å². The molecule has 2 aromatic heterocycles. The van der Waals surface area contributed by atoms with Crippen LogP contribution in [0.1, 0.15) is 34.2 Å². The molecule has 0 amide bonds. The van der Waals surface area contributed by atoms with Crippen LogP contribution in [0.4, 0.5) is 0 Å². The van der Waals surface area contributed by atoms with Crippen molar-refractivity contribution < 1.29 is 9.53 Å². The van der Waals surface area contributed by atoms with Crippen molar-refractivity contribution in [1.29, 1.82) is 0 Å². The molecule has 0 bridgehead atoms. The van der Waals surface area contributed by atoms with Gasteiger partial charge in [-0.25, -0.2) is 4.98 Å². The Morgan fingerprint density at radius 2 is 1.82 bits per heavy atom. The fourth-order valence-corrected chi connectivity index (χ4v) is 5.03. The fraction of sp³-hybridized carbons (Fsp3) is 0.296. The molecule has 176 valence electrons. The third kappa shape index (κ3) is 4.72. The summed E-state index contributed by atoms with van der Waals surface area (Å²) in [6.45, 7) is 7.34. The number of carbonyl (C=O) groups excluding carboxylic acids is 1. The molecule has 0 radical (unpaired) electrons. The Kier molecular flexibility index (Phi) is 7.34. The maximum atomic E-state index is 13.4. The largest absolute Gasteiger partial charge is 0.383 e. The summed E-state index contributed by atoms with van der Waals surface area (Å²) < 4.78 is 8.91. The molecule has 0 unspecified atom stereocenters. The number of aromatic nitrogens is 3. The second-order valence-electron chi connectivity index (χ2n) is 8.21. The van der Waals surface area contributed by atoms with E-state index in [0.717, 1.165) is 23.5 Å². The topological polar surface area (TPSA) is 66.1 Å². The minimum Gasteiger partial charge on any atom is -0.383 e.